The Morgan fingerprint density at radius 2 is 2.21 bits per heavy atom. The molecule has 0 radical (unpaired) electrons. The summed E-state index contributed by atoms with van der Waals surface area (Å²) in [6.45, 7) is 3.37. The molecule has 1 N–H and O–H groups in total. The summed E-state index contributed by atoms with van der Waals surface area (Å²) in [5.74, 6) is -0.201. The van der Waals surface area contributed by atoms with Crippen LogP contribution in [0.4, 0.5) is 10.1 Å². The maximum Gasteiger partial charge on any atom is 0.146 e. The molecule has 14 heavy (non-hydrogen) atoms. The second-order valence-corrected chi connectivity index (χ2v) is 3.26. The van der Waals surface area contributed by atoms with Gasteiger partial charge in [-0.2, -0.15) is 0 Å². The molecule has 0 spiro atoms. The summed E-state index contributed by atoms with van der Waals surface area (Å²) < 4.78 is 18.1. The number of hydrogen-bond acceptors (Lipinski definition) is 2. The van der Waals surface area contributed by atoms with Crippen LogP contribution >= 0.6 is 0 Å². The molecule has 0 fully saturated rings. The Morgan fingerprint density at radius 1 is 1.43 bits per heavy atom. The number of halogens is 1. The lowest BCUT2D eigenvalue weighted by Gasteiger charge is -2.07. The first-order chi connectivity index (χ1) is 6.74. The summed E-state index contributed by atoms with van der Waals surface area (Å²) in [6, 6.07) is 5.05. The first-order valence-electron chi connectivity index (χ1n) is 4.73. The highest BCUT2D eigenvalue weighted by Gasteiger charge is 2.00. The molecule has 0 aliphatic rings. The van der Waals surface area contributed by atoms with Crippen LogP contribution in [0, 0.1) is 12.7 Å². The summed E-state index contributed by atoms with van der Waals surface area (Å²) in [6.07, 6.45) is 0.879. The van der Waals surface area contributed by atoms with Gasteiger partial charge in [-0.05, 0) is 31.0 Å². The number of aryl methyl sites for hydroxylation is 1. The molecule has 1 aromatic carbocycles. The van der Waals surface area contributed by atoms with E-state index in [1.807, 2.05) is 13.0 Å². The van der Waals surface area contributed by atoms with Crippen molar-refractivity contribution in [2.24, 2.45) is 0 Å². The Morgan fingerprint density at radius 3 is 2.93 bits per heavy atom. The molecule has 2 nitrogen and oxygen atoms in total. The van der Waals surface area contributed by atoms with Crippen LogP contribution in [0.25, 0.3) is 0 Å². The predicted octanol–water partition coefficient (Wildman–Crippen LogP) is 2.58. The monoisotopic (exact) mass is 197 g/mol. The van der Waals surface area contributed by atoms with Gasteiger partial charge < -0.3 is 10.1 Å². The third kappa shape index (κ3) is 3.34. The van der Waals surface area contributed by atoms with Gasteiger partial charge in [-0.3, -0.25) is 0 Å². The van der Waals surface area contributed by atoms with Gasteiger partial charge in [-0.15, -0.1) is 0 Å². The van der Waals surface area contributed by atoms with E-state index in [0.29, 0.717) is 12.3 Å². The molecule has 0 aromatic heterocycles. The third-order valence-corrected chi connectivity index (χ3v) is 1.96. The maximum atomic E-state index is 13.2. The van der Waals surface area contributed by atoms with Crippen molar-refractivity contribution in [2.75, 3.05) is 25.6 Å². The van der Waals surface area contributed by atoms with E-state index in [0.717, 1.165) is 18.5 Å². The summed E-state index contributed by atoms with van der Waals surface area (Å²) >= 11 is 0. The van der Waals surface area contributed by atoms with Crippen LogP contribution in [0.5, 0.6) is 0 Å². The number of ether oxygens (including phenoxy) is 1. The quantitative estimate of drug-likeness (QED) is 0.732. The maximum absolute atomic E-state index is 13.2. The van der Waals surface area contributed by atoms with Crippen molar-refractivity contribution in [3.8, 4) is 0 Å². The summed E-state index contributed by atoms with van der Waals surface area (Å²) in [5.41, 5.74) is 1.63. The minimum Gasteiger partial charge on any atom is -0.385 e. The Bertz CT molecular complexity index is 289. The van der Waals surface area contributed by atoms with E-state index >= 15 is 0 Å². The van der Waals surface area contributed by atoms with E-state index in [1.165, 1.54) is 6.07 Å². The average Bonchev–Trinajstić information content (AvgIpc) is 2.18. The molecule has 0 atom stereocenters. The molecule has 0 saturated carbocycles. The van der Waals surface area contributed by atoms with E-state index in [1.54, 1.807) is 13.2 Å². The Labute approximate surface area is 84.1 Å². The number of hydrogen-bond donors (Lipinski definition) is 1. The lowest BCUT2D eigenvalue weighted by Crippen LogP contribution is -2.06. The second-order valence-electron chi connectivity index (χ2n) is 3.26. The largest absolute Gasteiger partial charge is 0.385 e. The van der Waals surface area contributed by atoms with Gasteiger partial charge in [-0.1, -0.05) is 6.07 Å². The van der Waals surface area contributed by atoms with Gasteiger partial charge in [0.1, 0.15) is 5.82 Å². The lowest BCUT2D eigenvalue weighted by atomic mass is 10.2. The van der Waals surface area contributed by atoms with Gasteiger partial charge in [0.2, 0.25) is 0 Å². The van der Waals surface area contributed by atoms with E-state index in [2.05, 4.69) is 5.32 Å². The fraction of sp³-hybridized carbons (Fsp3) is 0.455. The number of methoxy groups -OCH3 is 1. The van der Waals surface area contributed by atoms with Gasteiger partial charge in [0, 0.05) is 20.3 Å². The molecule has 0 bridgehead atoms. The van der Waals surface area contributed by atoms with Crippen LogP contribution < -0.4 is 5.32 Å². The van der Waals surface area contributed by atoms with Gasteiger partial charge >= 0.3 is 0 Å². The second kappa shape index (κ2) is 5.60. The molecule has 0 saturated heterocycles. The molecule has 0 amide bonds. The molecule has 78 valence electrons. The third-order valence-electron chi connectivity index (χ3n) is 1.96. The Kier molecular flexibility index (Phi) is 4.40. The first-order valence-corrected chi connectivity index (χ1v) is 4.73. The summed E-state index contributed by atoms with van der Waals surface area (Å²) in [4.78, 5) is 0. The fourth-order valence-electron chi connectivity index (χ4n) is 1.21. The number of rotatable bonds is 5. The van der Waals surface area contributed by atoms with Crippen molar-refractivity contribution < 1.29 is 9.13 Å². The van der Waals surface area contributed by atoms with Crippen LogP contribution in [0.2, 0.25) is 0 Å². The molecular formula is C11H16FNO. The van der Waals surface area contributed by atoms with Gasteiger partial charge in [0.05, 0.1) is 5.69 Å². The minimum atomic E-state index is -0.201. The van der Waals surface area contributed by atoms with Crippen molar-refractivity contribution >= 4 is 5.69 Å². The van der Waals surface area contributed by atoms with Crippen LogP contribution in [-0.2, 0) is 4.74 Å². The smallest absolute Gasteiger partial charge is 0.146 e. The Hall–Kier alpha value is -1.09. The molecule has 0 aliphatic heterocycles. The highest BCUT2D eigenvalue weighted by molar-refractivity contribution is 5.46. The molecule has 0 aliphatic carbocycles. The van der Waals surface area contributed by atoms with Crippen LogP contribution in [0.1, 0.15) is 12.0 Å². The van der Waals surface area contributed by atoms with E-state index < -0.39 is 0 Å². The zero-order valence-electron chi connectivity index (χ0n) is 8.64. The zero-order valence-corrected chi connectivity index (χ0v) is 8.64. The van der Waals surface area contributed by atoms with Crippen molar-refractivity contribution in [2.45, 2.75) is 13.3 Å². The van der Waals surface area contributed by atoms with E-state index in [-0.39, 0.29) is 5.82 Å². The fourth-order valence-corrected chi connectivity index (χ4v) is 1.21. The van der Waals surface area contributed by atoms with E-state index in [4.69, 9.17) is 4.74 Å². The molecule has 0 unspecified atom stereocenters. The molecular weight excluding hydrogens is 181 g/mol. The average molecular weight is 197 g/mol. The van der Waals surface area contributed by atoms with Gasteiger partial charge in [-0.25, -0.2) is 4.39 Å². The lowest BCUT2D eigenvalue weighted by molar-refractivity contribution is 0.197. The topological polar surface area (TPSA) is 21.3 Å². The summed E-state index contributed by atoms with van der Waals surface area (Å²) in [5, 5.41) is 3.03. The van der Waals surface area contributed by atoms with E-state index in [9.17, 15) is 4.39 Å². The van der Waals surface area contributed by atoms with Crippen molar-refractivity contribution in [1.82, 2.24) is 0 Å². The van der Waals surface area contributed by atoms with Crippen molar-refractivity contribution in [3.05, 3.63) is 29.6 Å². The van der Waals surface area contributed by atoms with Crippen molar-refractivity contribution in [1.29, 1.82) is 0 Å². The number of benzene rings is 1. The normalized spacial score (nSPS) is 10.2. The summed E-state index contributed by atoms with van der Waals surface area (Å²) in [7, 11) is 1.66. The van der Waals surface area contributed by atoms with Crippen LogP contribution in [-0.4, -0.2) is 20.3 Å². The first kappa shape index (κ1) is 11.0. The predicted molar refractivity (Wildman–Crippen MR) is 56.1 cm³/mol. The number of nitrogens with one attached hydrogen (secondary N) is 1. The number of anilines is 1. The molecule has 0 heterocycles. The Balaban J connectivity index is 2.45. The van der Waals surface area contributed by atoms with Crippen LogP contribution in [0.15, 0.2) is 18.2 Å². The SMILES string of the molecule is COCCCNc1cc(C)ccc1F. The molecule has 1 aromatic rings. The highest BCUT2D eigenvalue weighted by Crippen LogP contribution is 2.15. The van der Waals surface area contributed by atoms with Crippen LogP contribution in [0.3, 0.4) is 0 Å². The molecule has 3 heteroatoms. The molecule has 1 rings (SSSR count). The highest BCUT2D eigenvalue weighted by atomic mass is 19.1. The van der Waals surface area contributed by atoms with Gasteiger partial charge in [0.15, 0.2) is 0 Å². The minimum absolute atomic E-state index is 0.201. The standard InChI is InChI=1S/C11H16FNO/c1-9-4-5-10(12)11(8-9)13-6-3-7-14-2/h4-5,8,13H,3,6-7H2,1-2H3. The van der Waals surface area contributed by atoms with Crippen molar-refractivity contribution in [3.63, 3.8) is 0 Å². The van der Waals surface area contributed by atoms with Gasteiger partial charge in [0.25, 0.3) is 0 Å². The zero-order chi connectivity index (χ0) is 10.4.